The number of nitrogens with zero attached hydrogens (tertiary/aromatic N) is 2. The van der Waals surface area contributed by atoms with E-state index in [-0.39, 0.29) is 22.7 Å². The summed E-state index contributed by atoms with van der Waals surface area (Å²) >= 11 is 1.42. The van der Waals surface area contributed by atoms with Gasteiger partial charge in [-0.15, -0.1) is 11.3 Å². The van der Waals surface area contributed by atoms with E-state index in [4.69, 9.17) is 0 Å². The third-order valence-corrected chi connectivity index (χ3v) is 8.32. The Morgan fingerprint density at radius 3 is 2.21 bits per heavy atom. The van der Waals surface area contributed by atoms with Crippen molar-refractivity contribution >= 4 is 38.9 Å². The smallest absolute Gasteiger partial charge is 0.339 e. The first-order valence-corrected chi connectivity index (χ1v) is 12.7. The first-order chi connectivity index (χ1) is 15.9. The van der Waals surface area contributed by atoms with Gasteiger partial charge >= 0.3 is 5.97 Å². The molecule has 0 aliphatic carbocycles. The van der Waals surface area contributed by atoms with Crippen molar-refractivity contribution < 1.29 is 28.2 Å². The number of carboxylic acid groups (broad SMARTS) is 1. The van der Waals surface area contributed by atoms with Crippen LogP contribution in [0.1, 0.15) is 31.9 Å². The number of benzene rings is 2. The molecule has 1 amide bonds. The van der Waals surface area contributed by atoms with Crippen molar-refractivity contribution in [2.24, 2.45) is 0 Å². The van der Waals surface area contributed by atoms with Crippen LogP contribution >= 0.6 is 11.3 Å². The van der Waals surface area contributed by atoms with E-state index in [0.717, 1.165) is 14.7 Å². The van der Waals surface area contributed by atoms with E-state index in [1.54, 1.807) is 26.0 Å². The number of aryl methyl sites for hydroxylation is 3. The summed E-state index contributed by atoms with van der Waals surface area (Å²) in [5.74, 6) is -2.31. The van der Waals surface area contributed by atoms with Gasteiger partial charge in [-0.3, -0.25) is 4.79 Å². The molecule has 1 aromatic heterocycles. The van der Waals surface area contributed by atoms with Gasteiger partial charge in [0.2, 0.25) is 15.9 Å². The molecule has 0 bridgehead atoms. The Hall–Kier alpha value is -3.21. The molecule has 0 aliphatic heterocycles. The zero-order valence-electron chi connectivity index (χ0n) is 19.3. The molecule has 0 atom stereocenters. The van der Waals surface area contributed by atoms with Crippen LogP contribution < -0.4 is 4.90 Å². The van der Waals surface area contributed by atoms with Gasteiger partial charge in [-0.05, 0) is 55.5 Å². The monoisotopic (exact) mass is 502 g/mol. The van der Waals surface area contributed by atoms with Crippen LogP contribution in [0.15, 0.2) is 52.7 Å². The Labute approximate surface area is 202 Å². The number of hydrogen-bond donors (Lipinski definition) is 2. The third kappa shape index (κ3) is 5.30. The predicted molar refractivity (Wildman–Crippen MR) is 131 cm³/mol. The van der Waals surface area contributed by atoms with Crippen LogP contribution in [-0.4, -0.2) is 48.4 Å². The summed E-state index contributed by atoms with van der Waals surface area (Å²) in [5.41, 5.74) is 2.11. The number of thiophene rings is 1. The van der Waals surface area contributed by atoms with Gasteiger partial charge in [0.05, 0.1) is 18.0 Å². The van der Waals surface area contributed by atoms with E-state index in [2.05, 4.69) is 0 Å². The molecule has 0 radical (unpaired) electrons. The normalized spacial score (nSPS) is 11.6. The molecule has 0 saturated carbocycles. The van der Waals surface area contributed by atoms with Crippen LogP contribution in [0.2, 0.25) is 0 Å². The second-order valence-corrected chi connectivity index (χ2v) is 11.1. The molecule has 180 valence electrons. The zero-order chi connectivity index (χ0) is 25.2. The molecule has 0 saturated heterocycles. The Kier molecular flexibility index (Phi) is 7.44. The Balaban J connectivity index is 1.94. The second-order valence-electron chi connectivity index (χ2n) is 8.05. The van der Waals surface area contributed by atoms with Gasteiger partial charge in [-0.25, -0.2) is 13.2 Å². The van der Waals surface area contributed by atoms with Crippen LogP contribution in [0.25, 0.3) is 0 Å². The Morgan fingerprint density at radius 1 is 1.03 bits per heavy atom. The molecule has 0 fully saturated rings. The van der Waals surface area contributed by atoms with Crippen molar-refractivity contribution in [2.75, 3.05) is 18.5 Å². The van der Waals surface area contributed by atoms with Crippen molar-refractivity contribution in [3.63, 3.8) is 0 Å². The molecule has 0 unspecified atom stereocenters. The summed E-state index contributed by atoms with van der Waals surface area (Å²) in [4.78, 5) is 26.9. The molecule has 2 aromatic carbocycles. The number of rotatable bonds is 8. The van der Waals surface area contributed by atoms with Crippen LogP contribution in [0.5, 0.6) is 5.75 Å². The lowest BCUT2D eigenvalue weighted by Gasteiger charge is -2.26. The fraction of sp³-hybridized carbons (Fsp3) is 0.250. The van der Waals surface area contributed by atoms with Crippen LogP contribution in [0.4, 0.5) is 5.69 Å². The molecule has 0 aliphatic rings. The Bertz CT molecular complexity index is 1310. The number of likely N-dealkylation sites (N-methyl/N-ethyl adjacent to an activating group) is 1. The SMILES string of the molecule is Cc1cc(C)c(S(=O)(=O)N(C)CC(=O)N(Cc2cccs2)c2ccc(C(=O)O)c(O)c2)c(C)c1. The number of sulfonamides is 1. The lowest BCUT2D eigenvalue weighted by Crippen LogP contribution is -2.41. The second kappa shape index (κ2) is 9.96. The summed E-state index contributed by atoms with van der Waals surface area (Å²) in [5, 5.41) is 21.2. The first kappa shape index (κ1) is 25.4. The minimum Gasteiger partial charge on any atom is -0.507 e. The number of phenols is 1. The molecule has 2 N–H and O–H groups in total. The van der Waals surface area contributed by atoms with Crippen molar-refractivity contribution in [1.82, 2.24) is 4.31 Å². The van der Waals surface area contributed by atoms with E-state index < -0.39 is 34.2 Å². The van der Waals surface area contributed by atoms with Gasteiger partial charge in [0.1, 0.15) is 11.3 Å². The highest BCUT2D eigenvalue weighted by atomic mass is 32.2. The number of carbonyl (C=O) groups is 2. The van der Waals surface area contributed by atoms with E-state index in [1.165, 1.54) is 41.5 Å². The largest absolute Gasteiger partial charge is 0.507 e. The topological polar surface area (TPSA) is 115 Å². The van der Waals surface area contributed by atoms with Crippen LogP contribution in [0, 0.1) is 20.8 Å². The van der Waals surface area contributed by atoms with Crippen molar-refractivity contribution in [1.29, 1.82) is 0 Å². The number of aromatic hydroxyl groups is 1. The number of carboxylic acids is 1. The molecular formula is C24H26N2O6S2. The number of hydrogen-bond acceptors (Lipinski definition) is 6. The molecule has 10 heteroatoms. The molecule has 3 rings (SSSR count). The summed E-state index contributed by atoms with van der Waals surface area (Å²) in [6, 6.07) is 11.0. The van der Waals surface area contributed by atoms with E-state index >= 15 is 0 Å². The van der Waals surface area contributed by atoms with Crippen LogP contribution in [0.3, 0.4) is 0 Å². The first-order valence-electron chi connectivity index (χ1n) is 10.3. The molecule has 34 heavy (non-hydrogen) atoms. The lowest BCUT2D eigenvalue weighted by atomic mass is 10.1. The van der Waals surface area contributed by atoms with E-state index in [9.17, 15) is 28.2 Å². The highest BCUT2D eigenvalue weighted by molar-refractivity contribution is 7.89. The van der Waals surface area contributed by atoms with Gasteiger partial charge in [0.15, 0.2) is 0 Å². The van der Waals surface area contributed by atoms with Crippen molar-refractivity contribution in [2.45, 2.75) is 32.2 Å². The Morgan fingerprint density at radius 2 is 1.68 bits per heavy atom. The quantitative estimate of drug-likeness (QED) is 0.482. The summed E-state index contributed by atoms with van der Waals surface area (Å²) in [6.07, 6.45) is 0. The summed E-state index contributed by atoms with van der Waals surface area (Å²) in [6.45, 7) is 5.02. The predicted octanol–water partition coefficient (Wildman–Crippen LogP) is 3.93. The van der Waals surface area contributed by atoms with Gasteiger partial charge in [0, 0.05) is 23.7 Å². The van der Waals surface area contributed by atoms with Gasteiger partial charge in [0.25, 0.3) is 0 Å². The minimum absolute atomic E-state index is 0.138. The molecule has 1 heterocycles. The van der Waals surface area contributed by atoms with E-state index in [1.807, 2.05) is 24.4 Å². The maximum atomic E-state index is 13.3. The molecule has 3 aromatic rings. The van der Waals surface area contributed by atoms with Crippen LogP contribution in [-0.2, 0) is 21.4 Å². The summed E-state index contributed by atoms with van der Waals surface area (Å²) in [7, 11) is -2.61. The maximum absolute atomic E-state index is 13.3. The number of aromatic carboxylic acids is 1. The lowest BCUT2D eigenvalue weighted by molar-refractivity contribution is -0.118. The van der Waals surface area contributed by atoms with Gasteiger partial charge in [-0.2, -0.15) is 4.31 Å². The maximum Gasteiger partial charge on any atom is 0.339 e. The van der Waals surface area contributed by atoms with Gasteiger partial charge < -0.3 is 15.1 Å². The minimum atomic E-state index is -3.95. The highest BCUT2D eigenvalue weighted by Crippen LogP contribution is 2.28. The van der Waals surface area contributed by atoms with Crippen molar-refractivity contribution in [3.05, 3.63) is 75.0 Å². The summed E-state index contributed by atoms with van der Waals surface area (Å²) < 4.78 is 27.7. The highest BCUT2D eigenvalue weighted by Gasteiger charge is 2.29. The standard InChI is InChI=1S/C24H26N2O6S2/c1-15-10-16(2)23(17(3)11-15)34(31,32)25(4)14-22(28)26(13-19-6-5-9-33-19)18-7-8-20(24(29)30)21(27)12-18/h5-12,27H,13-14H2,1-4H3,(H,29,30). The number of carbonyl (C=O) groups excluding carboxylic acids is 1. The van der Waals surface area contributed by atoms with Gasteiger partial charge in [-0.1, -0.05) is 23.8 Å². The number of amides is 1. The average Bonchev–Trinajstić information content (AvgIpc) is 3.23. The average molecular weight is 503 g/mol. The van der Waals surface area contributed by atoms with Crippen molar-refractivity contribution in [3.8, 4) is 5.75 Å². The van der Waals surface area contributed by atoms with E-state index in [0.29, 0.717) is 11.1 Å². The molecular weight excluding hydrogens is 476 g/mol. The fourth-order valence-electron chi connectivity index (χ4n) is 3.84. The fourth-order valence-corrected chi connectivity index (χ4v) is 6.06. The molecule has 0 spiro atoms. The zero-order valence-corrected chi connectivity index (χ0v) is 20.9. The number of anilines is 1. The molecule has 8 nitrogen and oxygen atoms in total. The third-order valence-electron chi connectivity index (χ3n) is 5.35.